The molecule has 7 nitrogen and oxygen atoms in total. The summed E-state index contributed by atoms with van der Waals surface area (Å²) in [6.07, 6.45) is 7.92. The summed E-state index contributed by atoms with van der Waals surface area (Å²) in [5.41, 5.74) is 1.96. The molecule has 9 heteroatoms. The van der Waals surface area contributed by atoms with Crippen molar-refractivity contribution in [2.75, 3.05) is 24.2 Å². The van der Waals surface area contributed by atoms with Gasteiger partial charge in [-0.2, -0.15) is 0 Å². The number of rotatable bonds is 11. The molecule has 1 aliphatic heterocycles. The molecule has 0 bridgehead atoms. The molecule has 35 heavy (non-hydrogen) atoms. The first-order valence-corrected chi connectivity index (χ1v) is 13.2. The van der Waals surface area contributed by atoms with Crippen molar-refractivity contribution >= 4 is 35.1 Å². The summed E-state index contributed by atoms with van der Waals surface area (Å²) >= 11 is 7.75. The number of hydrogen-bond acceptors (Lipinski definition) is 5. The van der Waals surface area contributed by atoms with Crippen LogP contribution < -0.4 is 10.6 Å². The van der Waals surface area contributed by atoms with E-state index in [1.807, 2.05) is 66.2 Å². The summed E-state index contributed by atoms with van der Waals surface area (Å²) in [7, 11) is 0. The molecule has 1 aliphatic rings. The van der Waals surface area contributed by atoms with Gasteiger partial charge in [-0.15, -0.1) is 11.8 Å². The lowest BCUT2D eigenvalue weighted by molar-refractivity contribution is -0.180. The van der Waals surface area contributed by atoms with Gasteiger partial charge in [-0.3, -0.25) is 0 Å². The molecule has 0 aliphatic carbocycles. The minimum absolute atomic E-state index is 0.0219. The van der Waals surface area contributed by atoms with Crippen LogP contribution in [0.3, 0.4) is 0 Å². The minimum Gasteiger partial charge on any atom is -0.345 e. The van der Waals surface area contributed by atoms with E-state index in [9.17, 15) is 4.79 Å². The van der Waals surface area contributed by atoms with Crippen LogP contribution in [-0.2, 0) is 22.4 Å². The maximum absolute atomic E-state index is 11.8. The molecule has 2 amide bonds. The fourth-order valence-electron chi connectivity index (χ4n) is 3.87. The van der Waals surface area contributed by atoms with Crippen molar-refractivity contribution in [3.8, 4) is 0 Å². The molecular formula is C26H31ClN4O3S. The van der Waals surface area contributed by atoms with Crippen LogP contribution in [0.5, 0.6) is 0 Å². The quantitative estimate of drug-likeness (QED) is 0.325. The molecule has 2 atom stereocenters. The lowest BCUT2D eigenvalue weighted by Crippen LogP contribution is -2.37. The van der Waals surface area contributed by atoms with Crippen molar-refractivity contribution in [2.45, 2.75) is 49.5 Å². The van der Waals surface area contributed by atoms with Gasteiger partial charge in [0.1, 0.15) is 0 Å². The van der Waals surface area contributed by atoms with Crippen LogP contribution in [-0.4, -0.2) is 46.4 Å². The Bertz CT molecular complexity index is 1060. The van der Waals surface area contributed by atoms with Gasteiger partial charge < -0.3 is 24.7 Å². The molecule has 1 saturated heterocycles. The first-order chi connectivity index (χ1) is 17.0. The molecule has 1 fully saturated rings. The van der Waals surface area contributed by atoms with Gasteiger partial charge >= 0.3 is 6.03 Å². The molecule has 4 rings (SSSR count). The summed E-state index contributed by atoms with van der Waals surface area (Å²) in [6.45, 7) is 3.81. The van der Waals surface area contributed by atoms with Crippen molar-refractivity contribution in [1.29, 1.82) is 0 Å². The Morgan fingerprint density at radius 3 is 2.74 bits per heavy atom. The van der Waals surface area contributed by atoms with Crippen molar-refractivity contribution in [2.24, 2.45) is 0 Å². The summed E-state index contributed by atoms with van der Waals surface area (Å²) in [6, 6.07) is 15.6. The predicted molar refractivity (Wildman–Crippen MR) is 140 cm³/mol. The van der Waals surface area contributed by atoms with E-state index in [-0.39, 0.29) is 12.1 Å². The summed E-state index contributed by atoms with van der Waals surface area (Å²) in [4.78, 5) is 17.1. The molecule has 0 spiro atoms. The van der Waals surface area contributed by atoms with Gasteiger partial charge in [-0.25, -0.2) is 9.78 Å². The highest BCUT2D eigenvalue weighted by Gasteiger charge is 2.41. The van der Waals surface area contributed by atoms with Gasteiger partial charge in [-0.05, 0) is 54.8 Å². The Morgan fingerprint density at radius 2 is 2.03 bits per heavy atom. The fourth-order valence-corrected chi connectivity index (χ4v) is 4.87. The van der Waals surface area contributed by atoms with Crippen LogP contribution in [0.25, 0.3) is 0 Å². The molecule has 2 N–H and O–H groups in total. The molecule has 1 aromatic heterocycles. The molecule has 0 saturated carbocycles. The third-order valence-electron chi connectivity index (χ3n) is 5.69. The monoisotopic (exact) mass is 514 g/mol. The highest BCUT2D eigenvalue weighted by atomic mass is 35.5. The average molecular weight is 515 g/mol. The van der Waals surface area contributed by atoms with Gasteiger partial charge in [0.25, 0.3) is 0 Å². The van der Waals surface area contributed by atoms with E-state index in [4.69, 9.17) is 21.1 Å². The third-order valence-corrected chi connectivity index (χ3v) is 7.08. The van der Waals surface area contributed by atoms with Crippen molar-refractivity contribution < 1.29 is 14.3 Å². The molecule has 2 heterocycles. The van der Waals surface area contributed by atoms with Gasteiger partial charge in [0.05, 0.1) is 25.6 Å². The Balaban J connectivity index is 1.31. The van der Waals surface area contributed by atoms with Crippen LogP contribution in [0.4, 0.5) is 10.5 Å². The van der Waals surface area contributed by atoms with Crippen LogP contribution in [0.1, 0.15) is 25.3 Å². The normalized spacial score (nSPS) is 19.5. The van der Waals surface area contributed by atoms with Crippen LogP contribution >= 0.6 is 23.4 Å². The number of carbonyl (C=O) groups is 1. The largest absolute Gasteiger partial charge is 0.345 e. The molecule has 3 aromatic rings. The molecule has 2 aromatic carbocycles. The number of benzene rings is 2. The van der Waals surface area contributed by atoms with Gasteiger partial charge in [0, 0.05) is 46.7 Å². The van der Waals surface area contributed by atoms with Crippen LogP contribution in [0.15, 0.2) is 72.1 Å². The zero-order chi connectivity index (χ0) is 24.5. The molecule has 186 valence electrons. The summed E-state index contributed by atoms with van der Waals surface area (Å²) < 4.78 is 14.8. The minimum atomic E-state index is -0.703. The second kappa shape index (κ2) is 12.4. The van der Waals surface area contributed by atoms with E-state index in [2.05, 4.69) is 15.6 Å². The SMILES string of the molecule is CCCNC(=O)Nc1ccc(SC[C@@H]2CO[C@](CCc3ccc(Cl)cc3)(Cn3ccnc3)O2)cc1. The number of urea groups is 1. The lowest BCUT2D eigenvalue weighted by atomic mass is 10.0. The van der Waals surface area contributed by atoms with Crippen molar-refractivity contribution in [3.05, 3.63) is 77.8 Å². The second-order valence-electron chi connectivity index (χ2n) is 8.54. The zero-order valence-electron chi connectivity index (χ0n) is 19.8. The summed E-state index contributed by atoms with van der Waals surface area (Å²) in [5.74, 6) is 0.0710. The number of nitrogens with zero attached hydrogens (tertiary/aromatic N) is 2. The first kappa shape index (κ1) is 25.6. The number of nitrogens with one attached hydrogen (secondary N) is 2. The van der Waals surface area contributed by atoms with Gasteiger partial charge in [-0.1, -0.05) is 30.7 Å². The van der Waals surface area contributed by atoms with Crippen LogP contribution in [0.2, 0.25) is 5.02 Å². The van der Waals surface area contributed by atoms with Crippen molar-refractivity contribution in [1.82, 2.24) is 14.9 Å². The molecular weight excluding hydrogens is 484 g/mol. The standard InChI is InChI=1S/C26H31ClN4O3S/c1-2-13-29-25(32)30-22-7-9-24(10-8-22)35-17-23-16-33-26(34-23,18-31-15-14-28-19-31)12-11-20-3-5-21(27)6-4-20/h3-10,14-15,19,23H,2,11-13,16-18H2,1H3,(H2,29,30,32)/t23-,26-/m0/s1. The molecule has 0 radical (unpaired) electrons. The lowest BCUT2D eigenvalue weighted by Gasteiger charge is -2.28. The number of amides is 2. The van der Waals surface area contributed by atoms with E-state index >= 15 is 0 Å². The predicted octanol–water partition coefficient (Wildman–Crippen LogP) is 5.60. The van der Waals surface area contributed by atoms with Gasteiger partial charge in [0.2, 0.25) is 0 Å². The zero-order valence-corrected chi connectivity index (χ0v) is 21.4. The van der Waals surface area contributed by atoms with E-state index in [1.165, 1.54) is 5.56 Å². The number of halogens is 1. The van der Waals surface area contributed by atoms with Crippen molar-refractivity contribution in [3.63, 3.8) is 0 Å². The molecule has 0 unspecified atom stereocenters. The number of hydrogen-bond donors (Lipinski definition) is 2. The number of ether oxygens (including phenoxy) is 2. The van der Waals surface area contributed by atoms with E-state index in [0.29, 0.717) is 19.7 Å². The average Bonchev–Trinajstić information content (AvgIpc) is 3.52. The first-order valence-electron chi connectivity index (χ1n) is 11.8. The Morgan fingerprint density at radius 1 is 1.23 bits per heavy atom. The number of carbonyl (C=O) groups excluding carboxylic acids is 1. The number of anilines is 1. The van der Waals surface area contributed by atoms with Gasteiger partial charge in [0.15, 0.2) is 5.79 Å². The fraction of sp³-hybridized carbons (Fsp3) is 0.385. The van der Waals surface area contributed by atoms with E-state index < -0.39 is 5.79 Å². The number of thioether (sulfide) groups is 1. The highest BCUT2D eigenvalue weighted by molar-refractivity contribution is 7.99. The Hall–Kier alpha value is -2.52. The van der Waals surface area contributed by atoms with Crippen LogP contribution in [0, 0.1) is 0 Å². The topological polar surface area (TPSA) is 77.4 Å². The van der Waals surface area contributed by atoms with E-state index in [0.717, 1.165) is 40.6 Å². The Kier molecular flexibility index (Phi) is 9.09. The number of aryl methyl sites for hydroxylation is 1. The summed E-state index contributed by atoms with van der Waals surface area (Å²) in [5, 5.41) is 6.38. The smallest absolute Gasteiger partial charge is 0.319 e. The second-order valence-corrected chi connectivity index (χ2v) is 10.1. The number of aromatic nitrogens is 2. The Labute approximate surface area is 215 Å². The third kappa shape index (κ3) is 7.73. The van der Waals surface area contributed by atoms with E-state index in [1.54, 1.807) is 24.3 Å². The maximum Gasteiger partial charge on any atom is 0.319 e. The highest BCUT2D eigenvalue weighted by Crippen LogP contribution is 2.33. The maximum atomic E-state index is 11.8. The number of imidazole rings is 1.